The van der Waals surface area contributed by atoms with Crippen LogP contribution in [0.25, 0.3) is 11.1 Å². The zero-order chi connectivity index (χ0) is 22.0. The van der Waals surface area contributed by atoms with Gasteiger partial charge in [-0.2, -0.15) is 0 Å². The number of ether oxygens (including phenoxy) is 1. The van der Waals surface area contributed by atoms with Crippen molar-refractivity contribution in [2.75, 3.05) is 19.7 Å². The average molecular weight is 437 g/mol. The van der Waals surface area contributed by atoms with Crippen molar-refractivity contribution in [1.82, 2.24) is 14.5 Å². The molecular formula is C23H24N4O3S. The summed E-state index contributed by atoms with van der Waals surface area (Å²) in [4.78, 5) is 27.6. The van der Waals surface area contributed by atoms with E-state index in [9.17, 15) is 9.59 Å². The SMILES string of the molecule is Cc1ccc(-c2cccc(C[C@]3(C(N)=O)CN(C(=O)c4snnc4C)CCO3)c2)cc1. The summed E-state index contributed by atoms with van der Waals surface area (Å²) in [5.74, 6) is -0.778. The molecule has 2 amide bonds. The first kappa shape index (κ1) is 21.1. The molecule has 160 valence electrons. The molecule has 0 aliphatic carbocycles. The topological polar surface area (TPSA) is 98.4 Å². The second-order valence-electron chi connectivity index (χ2n) is 7.86. The fourth-order valence-electron chi connectivity index (χ4n) is 3.81. The van der Waals surface area contributed by atoms with Crippen LogP contribution in [-0.4, -0.2) is 51.6 Å². The van der Waals surface area contributed by atoms with E-state index in [0.29, 0.717) is 17.1 Å². The second kappa shape index (κ2) is 8.56. The quantitative estimate of drug-likeness (QED) is 0.663. The minimum atomic E-state index is -1.29. The number of morpholine rings is 1. The fourth-order valence-corrected chi connectivity index (χ4v) is 4.43. The summed E-state index contributed by atoms with van der Waals surface area (Å²) >= 11 is 1.06. The smallest absolute Gasteiger partial charge is 0.267 e. The van der Waals surface area contributed by atoms with Crippen LogP contribution in [0.1, 0.15) is 26.5 Å². The lowest BCUT2D eigenvalue weighted by molar-refractivity contribution is -0.153. The Bertz CT molecular complexity index is 1110. The van der Waals surface area contributed by atoms with E-state index in [1.807, 2.05) is 31.2 Å². The largest absolute Gasteiger partial charge is 0.367 e. The Morgan fingerprint density at radius 3 is 2.61 bits per heavy atom. The summed E-state index contributed by atoms with van der Waals surface area (Å²) in [6.07, 6.45) is 0.283. The third kappa shape index (κ3) is 4.35. The number of carbonyl (C=O) groups excluding carboxylic acids is 2. The molecule has 2 heterocycles. The van der Waals surface area contributed by atoms with Crippen molar-refractivity contribution >= 4 is 23.3 Å². The number of aromatic nitrogens is 2. The molecule has 8 heteroatoms. The monoisotopic (exact) mass is 436 g/mol. The lowest BCUT2D eigenvalue weighted by atomic mass is 9.90. The standard InChI is InChI=1S/C23H24N4O3S/c1-15-6-8-18(9-7-15)19-5-3-4-17(12-19)13-23(22(24)29)14-27(10-11-30-23)21(28)20-16(2)25-26-31-20/h3-9,12H,10-11,13-14H2,1-2H3,(H2,24,29)/t23-/m1/s1. The first-order chi connectivity index (χ1) is 14.9. The van der Waals surface area contributed by atoms with Crippen LogP contribution >= 0.6 is 11.5 Å². The maximum atomic E-state index is 13.0. The molecule has 1 saturated heterocycles. The summed E-state index contributed by atoms with van der Waals surface area (Å²) in [6, 6.07) is 16.2. The summed E-state index contributed by atoms with van der Waals surface area (Å²) in [5, 5.41) is 3.91. The minimum Gasteiger partial charge on any atom is -0.367 e. The highest BCUT2D eigenvalue weighted by Crippen LogP contribution is 2.28. The number of aryl methyl sites for hydroxylation is 2. The highest BCUT2D eigenvalue weighted by Gasteiger charge is 2.44. The van der Waals surface area contributed by atoms with Crippen LogP contribution in [-0.2, 0) is 16.0 Å². The molecule has 1 aliphatic heterocycles. The number of hydrogen-bond donors (Lipinski definition) is 1. The number of hydrogen-bond acceptors (Lipinski definition) is 6. The van der Waals surface area contributed by atoms with Crippen molar-refractivity contribution in [2.24, 2.45) is 5.73 Å². The van der Waals surface area contributed by atoms with E-state index >= 15 is 0 Å². The van der Waals surface area contributed by atoms with Crippen LogP contribution in [0.5, 0.6) is 0 Å². The van der Waals surface area contributed by atoms with Crippen LogP contribution in [0.3, 0.4) is 0 Å². The highest BCUT2D eigenvalue weighted by atomic mass is 32.1. The summed E-state index contributed by atoms with van der Waals surface area (Å²) < 4.78 is 9.77. The molecule has 1 aliphatic rings. The molecule has 1 atom stereocenters. The third-order valence-corrected chi connectivity index (χ3v) is 6.39. The first-order valence-corrected chi connectivity index (χ1v) is 10.8. The van der Waals surface area contributed by atoms with Gasteiger partial charge in [-0.25, -0.2) is 0 Å². The van der Waals surface area contributed by atoms with Crippen molar-refractivity contribution in [1.29, 1.82) is 0 Å². The lowest BCUT2D eigenvalue weighted by Gasteiger charge is -2.40. The maximum Gasteiger partial charge on any atom is 0.267 e. The van der Waals surface area contributed by atoms with Gasteiger partial charge in [-0.05, 0) is 42.1 Å². The van der Waals surface area contributed by atoms with E-state index in [0.717, 1.165) is 28.2 Å². The molecule has 0 bridgehead atoms. The van der Waals surface area contributed by atoms with E-state index in [4.69, 9.17) is 10.5 Å². The van der Waals surface area contributed by atoms with E-state index in [-0.39, 0.29) is 25.5 Å². The van der Waals surface area contributed by atoms with Crippen molar-refractivity contribution in [3.8, 4) is 11.1 Å². The van der Waals surface area contributed by atoms with E-state index in [1.54, 1.807) is 11.8 Å². The Hall–Kier alpha value is -3.10. The Balaban J connectivity index is 1.59. The predicted molar refractivity (Wildman–Crippen MR) is 119 cm³/mol. The van der Waals surface area contributed by atoms with Gasteiger partial charge in [0.05, 0.1) is 18.8 Å². The molecule has 0 radical (unpaired) electrons. The van der Waals surface area contributed by atoms with Crippen LogP contribution in [0.2, 0.25) is 0 Å². The van der Waals surface area contributed by atoms with Gasteiger partial charge >= 0.3 is 0 Å². The van der Waals surface area contributed by atoms with Gasteiger partial charge in [-0.15, -0.1) is 5.10 Å². The molecule has 0 spiro atoms. The predicted octanol–water partition coefficient (Wildman–Crippen LogP) is 2.76. The Morgan fingerprint density at radius 1 is 1.16 bits per heavy atom. The van der Waals surface area contributed by atoms with Crippen LogP contribution < -0.4 is 5.73 Å². The molecule has 0 unspecified atom stereocenters. The second-order valence-corrected chi connectivity index (χ2v) is 8.62. The maximum absolute atomic E-state index is 13.0. The molecule has 0 saturated carbocycles. The minimum absolute atomic E-state index is 0.0905. The van der Waals surface area contributed by atoms with Crippen LogP contribution in [0, 0.1) is 13.8 Å². The molecule has 2 aromatic carbocycles. The molecule has 4 rings (SSSR count). The van der Waals surface area contributed by atoms with Crippen molar-refractivity contribution in [2.45, 2.75) is 25.9 Å². The van der Waals surface area contributed by atoms with Gasteiger partial charge in [0.2, 0.25) is 0 Å². The molecule has 3 aromatic rings. The Labute approximate surface area is 185 Å². The van der Waals surface area contributed by atoms with E-state index < -0.39 is 11.5 Å². The first-order valence-electron chi connectivity index (χ1n) is 10.1. The zero-order valence-corrected chi connectivity index (χ0v) is 18.3. The van der Waals surface area contributed by atoms with Gasteiger partial charge in [-0.1, -0.05) is 58.6 Å². The van der Waals surface area contributed by atoms with Gasteiger partial charge < -0.3 is 15.4 Å². The number of carbonyl (C=O) groups is 2. The van der Waals surface area contributed by atoms with Crippen molar-refractivity contribution in [3.63, 3.8) is 0 Å². The molecule has 31 heavy (non-hydrogen) atoms. The number of benzene rings is 2. The summed E-state index contributed by atoms with van der Waals surface area (Å²) in [6.45, 7) is 4.50. The van der Waals surface area contributed by atoms with Gasteiger partial charge in [0.15, 0.2) is 5.60 Å². The molecule has 1 aromatic heterocycles. The number of nitrogens with zero attached hydrogens (tertiary/aromatic N) is 3. The number of nitrogens with two attached hydrogens (primary N) is 1. The zero-order valence-electron chi connectivity index (χ0n) is 17.5. The lowest BCUT2D eigenvalue weighted by Crippen LogP contribution is -2.61. The van der Waals surface area contributed by atoms with Gasteiger partial charge in [0, 0.05) is 13.0 Å². The van der Waals surface area contributed by atoms with Gasteiger partial charge in [-0.3, -0.25) is 9.59 Å². The Morgan fingerprint density at radius 2 is 1.94 bits per heavy atom. The van der Waals surface area contributed by atoms with Gasteiger partial charge in [0.25, 0.3) is 11.8 Å². The Kier molecular flexibility index (Phi) is 5.84. The third-order valence-electron chi connectivity index (χ3n) is 5.57. The fraction of sp³-hybridized carbons (Fsp3) is 0.304. The highest BCUT2D eigenvalue weighted by molar-refractivity contribution is 7.07. The molecular weight excluding hydrogens is 412 g/mol. The van der Waals surface area contributed by atoms with Crippen molar-refractivity contribution < 1.29 is 14.3 Å². The molecule has 2 N–H and O–H groups in total. The molecule has 7 nitrogen and oxygen atoms in total. The van der Waals surface area contributed by atoms with Gasteiger partial charge in [0.1, 0.15) is 4.88 Å². The number of primary amides is 1. The average Bonchev–Trinajstić information content (AvgIpc) is 3.20. The van der Waals surface area contributed by atoms with Crippen molar-refractivity contribution in [3.05, 3.63) is 70.2 Å². The number of rotatable bonds is 5. The normalized spacial score (nSPS) is 18.7. The van der Waals surface area contributed by atoms with E-state index in [2.05, 4.69) is 33.9 Å². The molecule has 1 fully saturated rings. The number of amides is 2. The summed E-state index contributed by atoms with van der Waals surface area (Å²) in [7, 11) is 0. The summed E-state index contributed by atoms with van der Waals surface area (Å²) in [5.41, 5.74) is 9.35. The van der Waals surface area contributed by atoms with E-state index in [1.165, 1.54) is 5.56 Å². The van der Waals surface area contributed by atoms with Crippen LogP contribution in [0.4, 0.5) is 0 Å². The van der Waals surface area contributed by atoms with Crippen LogP contribution in [0.15, 0.2) is 48.5 Å².